The van der Waals surface area contributed by atoms with Crippen LogP contribution in [0.4, 0.5) is 0 Å². The summed E-state index contributed by atoms with van der Waals surface area (Å²) in [6.45, 7) is 12.0. The van der Waals surface area contributed by atoms with E-state index < -0.39 is 0 Å². The first-order chi connectivity index (χ1) is 8.45. The Morgan fingerprint density at radius 1 is 1.11 bits per heavy atom. The molecule has 0 amide bonds. The van der Waals surface area contributed by atoms with E-state index in [0.29, 0.717) is 11.8 Å². The monoisotopic (exact) mass is 253 g/mol. The summed E-state index contributed by atoms with van der Waals surface area (Å²) < 4.78 is 3.87. The topological polar surface area (TPSA) is 47.7 Å². The minimum atomic E-state index is 0.691. The molecule has 1 aromatic rings. The van der Waals surface area contributed by atoms with Gasteiger partial charge in [-0.1, -0.05) is 27.7 Å². The summed E-state index contributed by atoms with van der Waals surface area (Å²) in [5, 5.41) is 4.63. The third-order valence-electron chi connectivity index (χ3n) is 3.28. The quantitative estimate of drug-likeness (QED) is 0.597. The van der Waals surface area contributed by atoms with E-state index in [0.717, 1.165) is 43.9 Å². The van der Waals surface area contributed by atoms with Crippen LogP contribution in [0.2, 0.25) is 0 Å². The van der Waals surface area contributed by atoms with Gasteiger partial charge in [0, 0.05) is 17.9 Å². The molecule has 0 bridgehead atoms. The highest BCUT2D eigenvalue weighted by molar-refractivity contribution is 4.84. The molecule has 4 nitrogen and oxygen atoms in total. The Hall–Kier alpha value is -1.06. The zero-order chi connectivity index (χ0) is 13.7. The van der Waals surface area contributed by atoms with Crippen molar-refractivity contribution >= 4 is 0 Å². The molecule has 0 aromatic carbocycles. The molecule has 1 rings (SSSR count). The molecule has 0 aliphatic carbocycles. The molecule has 0 aliphatic rings. The Morgan fingerprint density at radius 3 is 2.17 bits per heavy atom. The Labute approximate surface area is 111 Å². The highest BCUT2D eigenvalue weighted by Gasteiger charge is 2.23. The van der Waals surface area contributed by atoms with Crippen LogP contribution in [0, 0.1) is 11.8 Å². The molecule has 0 spiro atoms. The van der Waals surface area contributed by atoms with Crippen LogP contribution < -0.4 is 10.5 Å². The lowest BCUT2D eigenvalue weighted by Crippen LogP contribution is -2.50. The van der Waals surface area contributed by atoms with Gasteiger partial charge in [-0.3, -0.25) is 5.84 Å². The molecule has 2 N–H and O–H groups in total. The van der Waals surface area contributed by atoms with E-state index >= 15 is 0 Å². The summed E-state index contributed by atoms with van der Waals surface area (Å²) >= 11 is 0. The van der Waals surface area contributed by atoms with E-state index in [1.807, 2.05) is 4.68 Å². The van der Waals surface area contributed by atoms with E-state index in [9.17, 15) is 0 Å². The Balaban J connectivity index is 2.81. The number of hydrogen-bond donors (Lipinski definition) is 1. The summed E-state index contributed by atoms with van der Waals surface area (Å²) in [6.07, 6.45) is 4.28. The number of aryl methyl sites for hydroxylation is 2. The van der Waals surface area contributed by atoms with E-state index in [2.05, 4.69) is 44.4 Å². The fourth-order valence-corrected chi connectivity index (χ4v) is 2.03. The zero-order valence-corrected chi connectivity index (χ0v) is 12.6. The highest BCUT2D eigenvalue weighted by atomic mass is 15.5. The van der Waals surface area contributed by atoms with Gasteiger partial charge in [0.15, 0.2) is 0 Å². The van der Waals surface area contributed by atoms with Gasteiger partial charge in [0.1, 0.15) is 6.54 Å². The fourth-order valence-electron chi connectivity index (χ4n) is 2.03. The predicted molar refractivity (Wildman–Crippen MR) is 74.6 cm³/mol. The third-order valence-corrected chi connectivity index (χ3v) is 3.28. The van der Waals surface area contributed by atoms with Gasteiger partial charge in [-0.05, 0) is 31.6 Å². The lowest BCUT2D eigenvalue weighted by Gasteiger charge is -2.03. The zero-order valence-electron chi connectivity index (χ0n) is 12.6. The minimum absolute atomic E-state index is 0.691. The van der Waals surface area contributed by atoms with Crippen LogP contribution in [0.1, 0.15) is 59.1 Å². The molecule has 1 heterocycles. The van der Waals surface area contributed by atoms with Gasteiger partial charge >= 0.3 is 0 Å². The summed E-state index contributed by atoms with van der Waals surface area (Å²) in [4.78, 5) is 0. The normalized spacial score (nSPS) is 11.7. The molecule has 1 aromatic heterocycles. The summed E-state index contributed by atoms with van der Waals surface area (Å²) in [7, 11) is 0. The minimum Gasteiger partial charge on any atom is -0.289 e. The maximum Gasteiger partial charge on any atom is 0.299 e. The second kappa shape index (κ2) is 6.76. The average molecular weight is 253 g/mol. The standard InChI is InChI=1S/C14H29N4/c1-6-17-14(10-8-12(4)5)18(15)13(16-17)9-7-11(2)3/h11-12H,6-10,15H2,1-5H3/q+1. The lowest BCUT2D eigenvalue weighted by molar-refractivity contribution is -0.656. The van der Waals surface area contributed by atoms with Crippen molar-refractivity contribution < 1.29 is 4.68 Å². The third kappa shape index (κ3) is 4.00. The SMILES string of the molecule is CCn1nc(CCC(C)C)[n+](N)c1CCC(C)C. The molecule has 0 unspecified atom stereocenters. The van der Waals surface area contributed by atoms with Crippen molar-refractivity contribution in [1.82, 2.24) is 9.78 Å². The second-order valence-electron chi connectivity index (χ2n) is 5.88. The van der Waals surface area contributed by atoms with Crippen molar-refractivity contribution in [3.8, 4) is 0 Å². The molecule has 0 aliphatic heterocycles. The van der Waals surface area contributed by atoms with E-state index in [4.69, 9.17) is 5.84 Å². The van der Waals surface area contributed by atoms with Crippen LogP contribution in [0.25, 0.3) is 0 Å². The van der Waals surface area contributed by atoms with Crippen LogP contribution in [-0.4, -0.2) is 9.78 Å². The van der Waals surface area contributed by atoms with E-state index in [1.165, 1.54) is 0 Å². The molecule has 0 saturated heterocycles. The Morgan fingerprint density at radius 2 is 1.67 bits per heavy atom. The smallest absolute Gasteiger partial charge is 0.289 e. The Kier molecular flexibility index (Phi) is 5.63. The molecular formula is C14H29N4+. The lowest BCUT2D eigenvalue weighted by atomic mass is 10.1. The van der Waals surface area contributed by atoms with Gasteiger partial charge in [-0.15, -0.1) is 9.36 Å². The average Bonchev–Trinajstić information content (AvgIpc) is 2.60. The van der Waals surface area contributed by atoms with E-state index in [1.54, 1.807) is 0 Å². The number of nitrogens with zero attached hydrogens (tertiary/aromatic N) is 3. The maximum atomic E-state index is 6.19. The summed E-state index contributed by atoms with van der Waals surface area (Å²) in [5.41, 5.74) is 0. The van der Waals surface area contributed by atoms with Gasteiger partial charge in [0.2, 0.25) is 0 Å². The summed E-state index contributed by atoms with van der Waals surface area (Å²) in [6, 6.07) is 0. The maximum absolute atomic E-state index is 6.19. The fraction of sp³-hybridized carbons (Fsp3) is 0.857. The number of nitrogen functional groups attached to an aromatic ring is 1. The van der Waals surface area contributed by atoms with Crippen LogP contribution >= 0.6 is 0 Å². The van der Waals surface area contributed by atoms with Crippen molar-refractivity contribution in [3.05, 3.63) is 11.6 Å². The van der Waals surface area contributed by atoms with Crippen molar-refractivity contribution in [2.24, 2.45) is 11.8 Å². The van der Waals surface area contributed by atoms with Crippen LogP contribution in [-0.2, 0) is 19.4 Å². The number of aromatic nitrogens is 3. The van der Waals surface area contributed by atoms with Crippen LogP contribution in [0.15, 0.2) is 0 Å². The second-order valence-corrected chi connectivity index (χ2v) is 5.88. The molecule has 0 radical (unpaired) electrons. The first kappa shape index (κ1) is 15.0. The number of rotatable bonds is 7. The van der Waals surface area contributed by atoms with Crippen molar-refractivity contribution in [1.29, 1.82) is 0 Å². The van der Waals surface area contributed by atoms with Gasteiger partial charge in [0.25, 0.3) is 11.6 Å². The molecular weight excluding hydrogens is 224 g/mol. The van der Waals surface area contributed by atoms with Crippen molar-refractivity contribution in [2.45, 2.75) is 66.8 Å². The Bertz CT molecular complexity index is 366. The van der Waals surface area contributed by atoms with Gasteiger partial charge in [-0.25, -0.2) is 0 Å². The number of hydrogen-bond acceptors (Lipinski definition) is 2. The molecule has 18 heavy (non-hydrogen) atoms. The largest absolute Gasteiger partial charge is 0.299 e. The highest BCUT2D eigenvalue weighted by Crippen LogP contribution is 2.08. The first-order valence-electron chi connectivity index (χ1n) is 7.21. The summed E-state index contributed by atoms with van der Waals surface area (Å²) in [5.74, 6) is 9.75. The molecule has 0 atom stereocenters. The van der Waals surface area contributed by atoms with Crippen LogP contribution in [0.5, 0.6) is 0 Å². The molecule has 104 valence electrons. The predicted octanol–water partition coefficient (Wildman–Crippen LogP) is 2.08. The van der Waals surface area contributed by atoms with Gasteiger partial charge in [-0.2, -0.15) is 0 Å². The van der Waals surface area contributed by atoms with E-state index in [-0.39, 0.29) is 0 Å². The van der Waals surface area contributed by atoms with Crippen molar-refractivity contribution in [3.63, 3.8) is 0 Å². The van der Waals surface area contributed by atoms with Gasteiger partial charge < -0.3 is 0 Å². The molecule has 0 fully saturated rings. The van der Waals surface area contributed by atoms with Gasteiger partial charge in [0.05, 0.1) is 0 Å². The first-order valence-corrected chi connectivity index (χ1v) is 7.21. The molecule has 0 saturated carbocycles. The van der Waals surface area contributed by atoms with Crippen LogP contribution in [0.3, 0.4) is 0 Å². The molecule has 4 heteroatoms. The van der Waals surface area contributed by atoms with Crippen molar-refractivity contribution in [2.75, 3.05) is 5.84 Å². The number of nitrogens with two attached hydrogens (primary N) is 1.